The maximum absolute atomic E-state index is 13.2. The summed E-state index contributed by atoms with van der Waals surface area (Å²) in [5, 5.41) is 38.8. The van der Waals surface area contributed by atoms with Crippen LogP contribution in [0.1, 0.15) is 25.5 Å². The fraction of sp³-hybridized carbons (Fsp3) is 0.292. The molecule has 0 saturated carbocycles. The molecular weight excluding hydrogens is 487 g/mol. The van der Waals surface area contributed by atoms with Crippen molar-refractivity contribution in [3.05, 3.63) is 53.1 Å². The first-order valence-electron chi connectivity index (χ1n) is 11.4. The second-order valence-corrected chi connectivity index (χ2v) is 9.35. The summed E-state index contributed by atoms with van der Waals surface area (Å²) in [5.74, 6) is 0.279. The molecule has 0 spiro atoms. The smallest absolute Gasteiger partial charge is 0.230 e. The van der Waals surface area contributed by atoms with Gasteiger partial charge >= 0.3 is 0 Å². The molecule has 1 aliphatic rings. The monoisotopic (exact) mass is 510 g/mol. The molecule has 36 heavy (non-hydrogen) atoms. The van der Waals surface area contributed by atoms with Gasteiger partial charge in [0.15, 0.2) is 11.5 Å². The number of hydrogen-bond acceptors (Lipinski definition) is 8. The van der Waals surface area contributed by atoms with Crippen molar-refractivity contribution in [3.8, 4) is 17.1 Å². The molecule has 186 valence electrons. The fourth-order valence-corrected chi connectivity index (χ4v) is 4.52. The highest BCUT2D eigenvalue weighted by Gasteiger charge is 2.35. The van der Waals surface area contributed by atoms with Crippen LogP contribution in [0.3, 0.4) is 0 Å². The Bertz CT molecular complexity index is 1430. The van der Waals surface area contributed by atoms with Crippen molar-refractivity contribution in [2.45, 2.75) is 26.4 Å². The lowest BCUT2D eigenvalue weighted by Gasteiger charge is -2.40. The predicted molar refractivity (Wildman–Crippen MR) is 135 cm³/mol. The highest BCUT2D eigenvalue weighted by molar-refractivity contribution is 6.34. The summed E-state index contributed by atoms with van der Waals surface area (Å²) < 4.78 is 13.2. The topological polar surface area (TPSA) is 147 Å². The molecule has 3 aromatic heterocycles. The van der Waals surface area contributed by atoms with Crippen LogP contribution < -0.4 is 10.2 Å². The van der Waals surface area contributed by atoms with Gasteiger partial charge in [0.1, 0.15) is 33.6 Å². The van der Waals surface area contributed by atoms with E-state index in [4.69, 9.17) is 22.0 Å². The van der Waals surface area contributed by atoms with Gasteiger partial charge in [-0.05, 0) is 43.2 Å². The van der Waals surface area contributed by atoms with Crippen LogP contribution in [0.15, 0.2) is 36.5 Å². The second-order valence-electron chi connectivity index (χ2n) is 8.97. The Morgan fingerprint density at radius 1 is 1.22 bits per heavy atom. The summed E-state index contributed by atoms with van der Waals surface area (Å²) in [6.45, 7) is 2.90. The number of fused-ring (bicyclic) bond motifs is 1. The summed E-state index contributed by atoms with van der Waals surface area (Å²) >= 11 is 6.21. The molecule has 0 aliphatic carbocycles. The number of nitrogens with one attached hydrogen (secondary N) is 3. The summed E-state index contributed by atoms with van der Waals surface area (Å²) in [6.07, 6.45) is 2.76. The van der Waals surface area contributed by atoms with Crippen LogP contribution in [0.25, 0.3) is 22.4 Å². The number of benzene rings is 1. The highest BCUT2D eigenvalue weighted by atomic mass is 35.5. The van der Waals surface area contributed by atoms with Gasteiger partial charge in [-0.15, -0.1) is 0 Å². The Labute approximate surface area is 210 Å². The summed E-state index contributed by atoms with van der Waals surface area (Å²) in [4.78, 5) is 15.1. The summed E-state index contributed by atoms with van der Waals surface area (Å²) in [6, 6.07) is 7.56. The number of nitrogens with zero attached hydrogens (tertiary/aromatic N) is 5. The van der Waals surface area contributed by atoms with Gasteiger partial charge in [0, 0.05) is 36.0 Å². The van der Waals surface area contributed by atoms with Crippen LogP contribution in [-0.2, 0) is 6.61 Å². The molecular formula is C24H24ClFN8O2. The number of hydrogen-bond donors (Lipinski definition) is 5. The zero-order valence-corrected chi connectivity index (χ0v) is 20.1. The zero-order valence-electron chi connectivity index (χ0n) is 19.4. The van der Waals surface area contributed by atoms with E-state index in [-0.39, 0.29) is 23.3 Å². The zero-order chi connectivity index (χ0) is 25.4. The number of halogens is 2. The van der Waals surface area contributed by atoms with Gasteiger partial charge in [-0.2, -0.15) is 5.10 Å². The van der Waals surface area contributed by atoms with Crippen LogP contribution in [0.2, 0.25) is 5.02 Å². The molecule has 5 rings (SSSR count). The lowest BCUT2D eigenvalue weighted by Crippen LogP contribution is -2.45. The van der Waals surface area contributed by atoms with Gasteiger partial charge in [0.05, 0.1) is 6.61 Å². The van der Waals surface area contributed by atoms with Crippen LogP contribution in [0.5, 0.6) is 5.88 Å². The van der Waals surface area contributed by atoms with E-state index < -0.39 is 5.41 Å². The van der Waals surface area contributed by atoms with Crippen molar-refractivity contribution >= 4 is 40.1 Å². The van der Waals surface area contributed by atoms with E-state index in [9.17, 15) is 14.6 Å². The number of aromatic nitrogens is 5. The normalized spacial score (nSPS) is 15.3. The maximum Gasteiger partial charge on any atom is 0.230 e. The van der Waals surface area contributed by atoms with E-state index in [1.165, 1.54) is 18.3 Å². The van der Waals surface area contributed by atoms with Gasteiger partial charge < -0.3 is 20.4 Å². The molecule has 1 saturated heterocycles. The number of rotatable bonds is 5. The van der Waals surface area contributed by atoms with E-state index >= 15 is 0 Å². The molecule has 1 aliphatic heterocycles. The summed E-state index contributed by atoms with van der Waals surface area (Å²) in [5.41, 5.74) is 2.34. The van der Waals surface area contributed by atoms with Crippen molar-refractivity contribution in [1.29, 1.82) is 5.41 Å². The number of H-pyrrole nitrogens is 1. The molecule has 1 fully saturated rings. The number of anilines is 2. The largest absolute Gasteiger partial charge is 0.492 e. The van der Waals surface area contributed by atoms with E-state index in [1.54, 1.807) is 18.2 Å². The van der Waals surface area contributed by atoms with Gasteiger partial charge in [-0.25, -0.2) is 19.3 Å². The molecule has 0 bridgehead atoms. The molecule has 0 unspecified atom stereocenters. The predicted octanol–water partition coefficient (Wildman–Crippen LogP) is 4.10. The third-order valence-corrected chi connectivity index (χ3v) is 6.98. The number of aliphatic hydroxyl groups is 1. The third-order valence-electron chi connectivity index (χ3n) is 6.60. The molecule has 0 atom stereocenters. The Kier molecular flexibility index (Phi) is 6.19. The molecule has 4 aromatic rings. The Balaban J connectivity index is 1.37. The standard InChI is InChI=1S/C24H24ClFN8O2/c1-24(23(27)29-14-4-2-13(26)3-5-14)7-10-34(11-8-24)21-16(12-35)30-19-18(32-33-20(19)31-21)15-6-9-28-22(36)17(15)25/h2-6,9,35H,7-8,10-12H2,1H3,(H2,27,29)(H,28,36)(H,31,32,33). The molecule has 4 heterocycles. The SMILES string of the molecule is CC1(C(=N)Nc2ccc(F)cc2)CCN(c2nc3[nH]nc(-c4ccnc(O)c4Cl)c3nc2CO)CC1. The Morgan fingerprint density at radius 2 is 1.94 bits per heavy atom. The number of amidine groups is 1. The van der Waals surface area contributed by atoms with E-state index in [1.807, 2.05) is 11.8 Å². The first-order chi connectivity index (χ1) is 17.3. The molecule has 0 amide bonds. The van der Waals surface area contributed by atoms with E-state index in [2.05, 4.69) is 25.5 Å². The van der Waals surface area contributed by atoms with Crippen LogP contribution in [0, 0.1) is 16.6 Å². The number of aromatic amines is 1. The minimum absolute atomic E-state index is 0.0503. The van der Waals surface area contributed by atoms with E-state index in [0.29, 0.717) is 71.4 Å². The van der Waals surface area contributed by atoms with Gasteiger partial charge in [0.25, 0.3) is 0 Å². The highest BCUT2D eigenvalue weighted by Crippen LogP contribution is 2.37. The molecule has 1 aromatic carbocycles. The van der Waals surface area contributed by atoms with Crippen molar-refractivity contribution in [2.75, 3.05) is 23.3 Å². The summed E-state index contributed by atoms with van der Waals surface area (Å²) in [7, 11) is 0. The minimum Gasteiger partial charge on any atom is -0.492 e. The van der Waals surface area contributed by atoms with Crippen LogP contribution >= 0.6 is 11.6 Å². The van der Waals surface area contributed by atoms with Crippen molar-refractivity contribution in [2.24, 2.45) is 5.41 Å². The third kappa shape index (κ3) is 4.31. The number of aliphatic hydroxyl groups excluding tert-OH is 1. The van der Waals surface area contributed by atoms with Crippen molar-refractivity contribution < 1.29 is 14.6 Å². The Morgan fingerprint density at radius 3 is 2.64 bits per heavy atom. The first-order valence-corrected chi connectivity index (χ1v) is 11.7. The van der Waals surface area contributed by atoms with Gasteiger partial charge in [0.2, 0.25) is 5.88 Å². The molecule has 5 N–H and O–H groups in total. The number of pyridine rings is 1. The first kappa shape index (κ1) is 23.9. The molecule has 0 radical (unpaired) electrons. The van der Waals surface area contributed by atoms with Crippen molar-refractivity contribution in [3.63, 3.8) is 0 Å². The van der Waals surface area contributed by atoms with Crippen LogP contribution in [0.4, 0.5) is 15.9 Å². The lowest BCUT2D eigenvalue weighted by molar-refractivity contribution is 0.276. The van der Waals surface area contributed by atoms with Gasteiger partial charge in [-0.3, -0.25) is 10.5 Å². The average molecular weight is 511 g/mol. The van der Waals surface area contributed by atoms with Gasteiger partial charge in [-0.1, -0.05) is 18.5 Å². The lowest BCUT2D eigenvalue weighted by atomic mass is 9.79. The molecule has 12 heteroatoms. The fourth-order valence-electron chi connectivity index (χ4n) is 4.32. The van der Waals surface area contributed by atoms with E-state index in [0.717, 1.165) is 0 Å². The Hall–Kier alpha value is -3.83. The van der Waals surface area contributed by atoms with Crippen molar-refractivity contribution in [1.82, 2.24) is 25.1 Å². The second kappa shape index (κ2) is 9.32. The quantitative estimate of drug-likeness (QED) is 0.199. The number of aromatic hydroxyl groups is 1. The number of piperidine rings is 1. The van der Waals surface area contributed by atoms with Crippen LogP contribution in [-0.4, -0.2) is 54.3 Å². The molecule has 10 nitrogen and oxygen atoms in total. The average Bonchev–Trinajstić information content (AvgIpc) is 3.29. The minimum atomic E-state index is -0.400. The maximum atomic E-state index is 13.2.